The maximum absolute atomic E-state index is 12.5. The van der Waals surface area contributed by atoms with Gasteiger partial charge in [0.05, 0.1) is 13.1 Å². The van der Waals surface area contributed by atoms with E-state index in [-0.39, 0.29) is 43.7 Å². The Bertz CT molecular complexity index is 889. The van der Waals surface area contributed by atoms with E-state index >= 15 is 0 Å². The van der Waals surface area contributed by atoms with Crippen LogP contribution in [0.25, 0.3) is 0 Å². The van der Waals surface area contributed by atoms with E-state index in [9.17, 15) is 19.2 Å². The molecule has 11 nitrogen and oxygen atoms in total. The quantitative estimate of drug-likeness (QED) is 0.330. The van der Waals surface area contributed by atoms with Gasteiger partial charge in [0.2, 0.25) is 17.7 Å². The lowest BCUT2D eigenvalue weighted by molar-refractivity contribution is -0.130. The number of carbonyl (C=O) groups is 4. The minimum Gasteiger partial charge on any atom is -0.445 e. The lowest BCUT2D eigenvalue weighted by atomic mass is 10.0. The van der Waals surface area contributed by atoms with Crippen LogP contribution in [-0.2, 0) is 25.7 Å². The molecule has 2 unspecified atom stereocenters. The summed E-state index contributed by atoms with van der Waals surface area (Å²) in [5, 5.41) is 10.7. The molecule has 1 aromatic carbocycles. The molecule has 2 rings (SSSR count). The van der Waals surface area contributed by atoms with Gasteiger partial charge >= 0.3 is 6.09 Å². The molecule has 200 valence electrons. The first kappa shape index (κ1) is 29.1. The fourth-order valence-corrected chi connectivity index (χ4v) is 4.00. The first-order chi connectivity index (χ1) is 17.1. The van der Waals surface area contributed by atoms with Crippen molar-refractivity contribution in [1.82, 2.24) is 25.8 Å². The van der Waals surface area contributed by atoms with Gasteiger partial charge in [-0.1, -0.05) is 26.0 Å². The highest BCUT2D eigenvalue weighted by Gasteiger charge is 2.30. The third-order valence-electron chi connectivity index (χ3n) is 5.81. The van der Waals surface area contributed by atoms with Crippen LogP contribution in [0.3, 0.4) is 0 Å². The Balaban J connectivity index is 1.78. The van der Waals surface area contributed by atoms with E-state index in [0.717, 1.165) is 24.9 Å². The van der Waals surface area contributed by atoms with Gasteiger partial charge in [-0.25, -0.2) is 4.79 Å². The molecule has 0 aliphatic carbocycles. The zero-order valence-corrected chi connectivity index (χ0v) is 21.9. The highest BCUT2D eigenvalue weighted by atomic mass is 16.6. The molecule has 0 saturated carbocycles. The maximum atomic E-state index is 12.5. The lowest BCUT2D eigenvalue weighted by Gasteiger charge is -2.26. The number of ether oxygens (including phenoxy) is 1. The molecule has 1 aliphatic heterocycles. The number of rotatable bonds is 12. The molecular weight excluding hydrogens is 464 g/mol. The van der Waals surface area contributed by atoms with Crippen LogP contribution < -0.4 is 21.3 Å². The second kappa shape index (κ2) is 14.4. The highest BCUT2D eigenvalue weighted by molar-refractivity contribution is 5.96. The molecule has 4 N–H and O–H groups in total. The van der Waals surface area contributed by atoms with E-state index < -0.39 is 17.9 Å². The Morgan fingerprint density at radius 1 is 1.08 bits per heavy atom. The van der Waals surface area contributed by atoms with E-state index in [1.807, 2.05) is 27.9 Å². The number of likely N-dealkylation sites (tertiary alicyclic amines) is 1. The van der Waals surface area contributed by atoms with Crippen molar-refractivity contribution in [2.45, 2.75) is 45.4 Å². The molecule has 0 spiro atoms. The molecule has 2 atom stereocenters. The summed E-state index contributed by atoms with van der Waals surface area (Å²) < 4.78 is 5.49. The van der Waals surface area contributed by atoms with Gasteiger partial charge in [-0.05, 0) is 57.6 Å². The predicted molar refractivity (Wildman–Crippen MR) is 137 cm³/mol. The van der Waals surface area contributed by atoms with Gasteiger partial charge in [0.15, 0.2) is 0 Å². The van der Waals surface area contributed by atoms with Gasteiger partial charge in [0, 0.05) is 24.8 Å². The van der Waals surface area contributed by atoms with E-state index in [2.05, 4.69) is 26.2 Å². The second-order valence-electron chi connectivity index (χ2n) is 9.59. The first-order valence-corrected chi connectivity index (χ1v) is 12.3. The first-order valence-electron chi connectivity index (χ1n) is 12.3. The monoisotopic (exact) mass is 504 g/mol. The summed E-state index contributed by atoms with van der Waals surface area (Å²) in [4.78, 5) is 52.9. The van der Waals surface area contributed by atoms with Crippen LogP contribution in [0, 0.1) is 5.92 Å². The summed E-state index contributed by atoms with van der Waals surface area (Å²) in [7, 11) is 5.62. The maximum Gasteiger partial charge on any atom is 0.410 e. The molecule has 1 saturated heterocycles. The minimum absolute atomic E-state index is 0.0986. The topological polar surface area (TPSA) is 132 Å². The molecule has 1 fully saturated rings. The Morgan fingerprint density at radius 3 is 2.39 bits per heavy atom. The van der Waals surface area contributed by atoms with Crippen LogP contribution >= 0.6 is 0 Å². The normalized spacial score (nSPS) is 16.1. The molecule has 4 amide bonds. The van der Waals surface area contributed by atoms with Crippen molar-refractivity contribution >= 4 is 29.5 Å². The third kappa shape index (κ3) is 9.46. The molecular formula is C25H40N6O5. The summed E-state index contributed by atoms with van der Waals surface area (Å²) in [6.45, 7) is 5.16. The van der Waals surface area contributed by atoms with E-state index in [1.54, 1.807) is 36.2 Å². The average Bonchev–Trinajstić information content (AvgIpc) is 3.28. The van der Waals surface area contributed by atoms with Crippen molar-refractivity contribution in [1.29, 1.82) is 0 Å². The van der Waals surface area contributed by atoms with Gasteiger partial charge < -0.3 is 35.8 Å². The average molecular weight is 505 g/mol. The van der Waals surface area contributed by atoms with Gasteiger partial charge in [0.1, 0.15) is 12.6 Å². The highest BCUT2D eigenvalue weighted by Crippen LogP contribution is 2.19. The fraction of sp³-hybridized carbons (Fsp3) is 0.600. The van der Waals surface area contributed by atoms with Gasteiger partial charge in [-0.2, -0.15) is 0 Å². The van der Waals surface area contributed by atoms with Crippen molar-refractivity contribution in [3.8, 4) is 0 Å². The fourth-order valence-electron chi connectivity index (χ4n) is 4.00. The summed E-state index contributed by atoms with van der Waals surface area (Å²) in [6, 6.07) is 6.40. The minimum atomic E-state index is -0.737. The number of nitrogens with one attached hydrogen (secondary N) is 4. The molecule has 1 heterocycles. The number of hydrogen-bond donors (Lipinski definition) is 4. The Hall–Kier alpha value is -3.18. The zero-order chi connectivity index (χ0) is 26.7. The largest absolute Gasteiger partial charge is 0.445 e. The van der Waals surface area contributed by atoms with Crippen molar-refractivity contribution in [3.05, 3.63) is 29.8 Å². The number of amides is 4. The summed E-state index contributed by atoms with van der Waals surface area (Å²) in [5.74, 6) is -1.25. The second-order valence-corrected chi connectivity index (χ2v) is 9.59. The zero-order valence-electron chi connectivity index (χ0n) is 21.9. The Labute approximate surface area is 213 Å². The predicted octanol–water partition coefficient (Wildman–Crippen LogP) is 0.764. The van der Waals surface area contributed by atoms with Gasteiger partial charge in [0.25, 0.3) is 0 Å². The van der Waals surface area contributed by atoms with E-state index in [1.165, 1.54) is 0 Å². The van der Waals surface area contributed by atoms with Crippen LogP contribution in [0.15, 0.2) is 24.3 Å². The molecule has 36 heavy (non-hydrogen) atoms. The number of benzene rings is 1. The number of hydrogen-bond acceptors (Lipinski definition) is 7. The Kier molecular flexibility index (Phi) is 11.6. The number of nitrogens with zero attached hydrogens (tertiary/aromatic N) is 2. The summed E-state index contributed by atoms with van der Waals surface area (Å²) in [5.41, 5.74) is 1.35. The molecule has 0 bridgehead atoms. The van der Waals surface area contributed by atoms with Crippen LogP contribution in [-0.4, -0.2) is 93.0 Å². The van der Waals surface area contributed by atoms with E-state index in [4.69, 9.17) is 4.74 Å². The van der Waals surface area contributed by atoms with Crippen molar-refractivity contribution < 1.29 is 23.9 Å². The SMILES string of the molecule is CNCC(=O)NC(C(=O)NCC(=O)Nc1ccc(COC(=O)N2CCCC2CN(C)C)cc1)C(C)C. The summed E-state index contributed by atoms with van der Waals surface area (Å²) >= 11 is 0. The van der Waals surface area contributed by atoms with Gasteiger partial charge in [-0.3, -0.25) is 14.4 Å². The number of carbonyl (C=O) groups excluding carboxylic acids is 4. The van der Waals surface area contributed by atoms with Crippen LogP contribution in [0.5, 0.6) is 0 Å². The Morgan fingerprint density at radius 2 is 1.78 bits per heavy atom. The van der Waals surface area contributed by atoms with Gasteiger partial charge in [-0.15, -0.1) is 0 Å². The molecule has 1 aliphatic rings. The van der Waals surface area contributed by atoms with Crippen LogP contribution in [0.1, 0.15) is 32.3 Å². The van der Waals surface area contributed by atoms with Crippen LogP contribution in [0.4, 0.5) is 10.5 Å². The van der Waals surface area contributed by atoms with Crippen molar-refractivity contribution in [2.75, 3.05) is 52.6 Å². The van der Waals surface area contributed by atoms with Crippen molar-refractivity contribution in [2.24, 2.45) is 5.92 Å². The number of likely N-dealkylation sites (N-methyl/N-ethyl adjacent to an activating group) is 2. The van der Waals surface area contributed by atoms with Crippen molar-refractivity contribution in [3.63, 3.8) is 0 Å². The van der Waals surface area contributed by atoms with E-state index in [0.29, 0.717) is 12.2 Å². The third-order valence-corrected chi connectivity index (χ3v) is 5.81. The lowest BCUT2D eigenvalue weighted by Crippen LogP contribution is -2.52. The molecule has 0 aromatic heterocycles. The number of anilines is 1. The van der Waals surface area contributed by atoms with Crippen LogP contribution in [0.2, 0.25) is 0 Å². The molecule has 11 heteroatoms. The standard InChI is InChI=1S/C25H40N6O5/c1-17(2)23(29-21(32)13-26-3)24(34)27-14-22(33)28-19-10-8-18(9-11-19)16-36-25(35)31-12-6-7-20(31)15-30(4)5/h8-11,17,20,23,26H,6-7,12-16H2,1-5H3,(H,27,34)(H,28,33)(H,29,32). The molecule has 1 aromatic rings. The smallest absolute Gasteiger partial charge is 0.410 e. The summed E-state index contributed by atoms with van der Waals surface area (Å²) in [6.07, 6.45) is 1.64. The molecule has 0 radical (unpaired) electrons.